The number of methoxy groups -OCH3 is 1. The predicted octanol–water partition coefficient (Wildman–Crippen LogP) is 3.36. The molecular formula is C25H42N2O6. The average molecular weight is 467 g/mol. The van der Waals surface area contributed by atoms with E-state index in [2.05, 4.69) is 11.9 Å². The summed E-state index contributed by atoms with van der Waals surface area (Å²) in [4.78, 5) is 40.2. The summed E-state index contributed by atoms with van der Waals surface area (Å²) in [6.45, 7) is 18.5. The van der Waals surface area contributed by atoms with Gasteiger partial charge in [-0.1, -0.05) is 18.7 Å². The highest BCUT2D eigenvalue weighted by Crippen LogP contribution is 2.31. The Kier molecular flexibility index (Phi) is 10.2. The molecule has 0 radical (unpaired) electrons. The Morgan fingerprint density at radius 1 is 1.12 bits per heavy atom. The average Bonchev–Trinajstić information content (AvgIpc) is 3.05. The standard InChI is InChI=1S/C25H42N2O6/c1-11-12-18-13-20(22(29)32-24(4,5)6)27(15-18)21(23(30)33-25(7,8)9)14-19(16(2)31-10)26-17(3)28/h11-12,18-21H,2,13-15H2,1,3-10H3,(H,26,28)/t18?,19?,20?,21-/m0/s1. The lowest BCUT2D eigenvalue weighted by molar-refractivity contribution is -0.168. The van der Waals surface area contributed by atoms with Crippen LogP contribution in [-0.4, -0.2) is 65.7 Å². The first-order valence-electron chi connectivity index (χ1n) is 11.4. The van der Waals surface area contributed by atoms with Crippen molar-refractivity contribution in [3.05, 3.63) is 24.5 Å². The van der Waals surface area contributed by atoms with Gasteiger partial charge in [0, 0.05) is 19.9 Å². The highest BCUT2D eigenvalue weighted by molar-refractivity contribution is 5.81. The Labute approximate surface area is 198 Å². The molecule has 0 spiro atoms. The molecule has 8 heteroatoms. The lowest BCUT2D eigenvalue weighted by Gasteiger charge is -2.35. The van der Waals surface area contributed by atoms with Crippen molar-refractivity contribution in [2.45, 2.75) is 97.6 Å². The summed E-state index contributed by atoms with van der Waals surface area (Å²) in [6.07, 6.45) is 4.64. The SMILES string of the molecule is C=C(OC)C(C[C@@H](C(=O)OC(C)(C)C)N1CC(C=CC)CC1C(=O)OC(C)(C)C)NC(C)=O. The fourth-order valence-corrected chi connectivity index (χ4v) is 3.87. The van der Waals surface area contributed by atoms with Crippen molar-refractivity contribution in [1.82, 2.24) is 10.2 Å². The number of nitrogens with one attached hydrogen (secondary N) is 1. The normalized spacial score (nSPS) is 21.4. The molecule has 0 bridgehead atoms. The number of nitrogens with zero attached hydrogens (tertiary/aromatic N) is 1. The summed E-state index contributed by atoms with van der Waals surface area (Å²) < 4.78 is 16.7. The maximum absolute atomic E-state index is 13.4. The minimum atomic E-state index is -0.819. The van der Waals surface area contributed by atoms with Crippen molar-refractivity contribution >= 4 is 17.8 Å². The molecule has 3 unspecified atom stereocenters. The first-order chi connectivity index (χ1) is 15.1. The zero-order chi connectivity index (χ0) is 25.6. The van der Waals surface area contributed by atoms with Crippen molar-refractivity contribution < 1.29 is 28.6 Å². The number of hydrogen-bond donors (Lipinski definition) is 1. The van der Waals surface area contributed by atoms with Crippen LogP contribution < -0.4 is 5.32 Å². The highest BCUT2D eigenvalue weighted by Gasteiger charge is 2.46. The molecule has 1 aliphatic heterocycles. The molecule has 0 aromatic carbocycles. The van der Waals surface area contributed by atoms with Crippen LogP contribution in [0, 0.1) is 5.92 Å². The maximum Gasteiger partial charge on any atom is 0.323 e. The largest absolute Gasteiger partial charge is 0.500 e. The summed E-state index contributed by atoms with van der Waals surface area (Å²) in [5.41, 5.74) is -1.38. The molecule has 1 saturated heterocycles. The van der Waals surface area contributed by atoms with Gasteiger partial charge in [-0.3, -0.25) is 19.3 Å². The highest BCUT2D eigenvalue weighted by atomic mass is 16.6. The summed E-state index contributed by atoms with van der Waals surface area (Å²) in [7, 11) is 1.46. The van der Waals surface area contributed by atoms with Crippen LogP contribution >= 0.6 is 0 Å². The second-order valence-corrected chi connectivity index (χ2v) is 10.5. The van der Waals surface area contributed by atoms with E-state index >= 15 is 0 Å². The van der Waals surface area contributed by atoms with Crippen LogP contribution in [0.4, 0.5) is 0 Å². The van der Waals surface area contributed by atoms with Crippen LogP contribution in [0.2, 0.25) is 0 Å². The smallest absolute Gasteiger partial charge is 0.323 e. The third-order valence-electron chi connectivity index (χ3n) is 5.08. The molecule has 8 nitrogen and oxygen atoms in total. The lowest BCUT2D eigenvalue weighted by atomic mass is 10.0. The number of rotatable bonds is 9. The van der Waals surface area contributed by atoms with Crippen molar-refractivity contribution in [3.63, 3.8) is 0 Å². The van der Waals surface area contributed by atoms with Gasteiger partial charge in [-0.2, -0.15) is 0 Å². The lowest BCUT2D eigenvalue weighted by Crippen LogP contribution is -2.53. The van der Waals surface area contributed by atoms with E-state index in [0.717, 1.165) is 0 Å². The maximum atomic E-state index is 13.4. The zero-order valence-electron chi connectivity index (χ0n) is 21.7. The van der Waals surface area contributed by atoms with Gasteiger partial charge >= 0.3 is 11.9 Å². The van der Waals surface area contributed by atoms with E-state index in [4.69, 9.17) is 14.2 Å². The number of ether oxygens (including phenoxy) is 3. The van der Waals surface area contributed by atoms with Crippen molar-refractivity contribution in [2.75, 3.05) is 13.7 Å². The number of allylic oxidation sites excluding steroid dienone is 1. The topological polar surface area (TPSA) is 94.2 Å². The van der Waals surface area contributed by atoms with Crippen molar-refractivity contribution in [1.29, 1.82) is 0 Å². The van der Waals surface area contributed by atoms with E-state index in [1.54, 1.807) is 20.8 Å². The van der Waals surface area contributed by atoms with E-state index in [0.29, 0.717) is 18.7 Å². The number of carbonyl (C=O) groups excluding carboxylic acids is 3. The molecular weight excluding hydrogens is 424 g/mol. The van der Waals surface area contributed by atoms with E-state index in [9.17, 15) is 14.4 Å². The summed E-state index contributed by atoms with van der Waals surface area (Å²) in [5.74, 6) is -0.752. The van der Waals surface area contributed by atoms with Gasteiger partial charge in [0.05, 0.1) is 13.2 Å². The van der Waals surface area contributed by atoms with Gasteiger partial charge in [-0.05, 0) is 60.8 Å². The molecule has 188 valence electrons. The van der Waals surface area contributed by atoms with Gasteiger partial charge in [-0.15, -0.1) is 0 Å². The summed E-state index contributed by atoms with van der Waals surface area (Å²) >= 11 is 0. The predicted molar refractivity (Wildman–Crippen MR) is 127 cm³/mol. The number of esters is 2. The van der Waals surface area contributed by atoms with Crippen LogP contribution in [-0.2, 0) is 28.6 Å². The van der Waals surface area contributed by atoms with Gasteiger partial charge in [0.15, 0.2) is 0 Å². The molecule has 33 heavy (non-hydrogen) atoms. The van der Waals surface area contributed by atoms with E-state index in [1.807, 2.05) is 44.7 Å². The molecule has 1 aliphatic rings. The van der Waals surface area contributed by atoms with Crippen molar-refractivity contribution in [3.8, 4) is 0 Å². The fraction of sp³-hybridized carbons (Fsp3) is 0.720. The minimum Gasteiger partial charge on any atom is -0.500 e. The molecule has 1 fully saturated rings. The van der Waals surface area contributed by atoms with Crippen molar-refractivity contribution in [2.24, 2.45) is 5.92 Å². The third kappa shape index (κ3) is 9.58. The van der Waals surface area contributed by atoms with Crippen LogP contribution in [0.1, 0.15) is 68.2 Å². The van der Waals surface area contributed by atoms with E-state index < -0.39 is 35.3 Å². The third-order valence-corrected chi connectivity index (χ3v) is 5.08. The fourth-order valence-electron chi connectivity index (χ4n) is 3.87. The first kappa shape index (κ1) is 28.7. The Balaban J connectivity index is 3.40. The van der Waals surface area contributed by atoms with E-state index in [1.165, 1.54) is 14.0 Å². The van der Waals surface area contributed by atoms with E-state index in [-0.39, 0.29) is 24.2 Å². The number of amides is 1. The molecule has 1 N–H and O–H groups in total. The van der Waals surface area contributed by atoms with Crippen LogP contribution in [0.5, 0.6) is 0 Å². The van der Waals surface area contributed by atoms with Gasteiger partial charge in [0.25, 0.3) is 0 Å². The number of carbonyl (C=O) groups is 3. The second kappa shape index (κ2) is 11.7. The molecule has 4 atom stereocenters. The molecule has 0 aromatic rings. The summed E-state index contributed by atoms with van der Waals surface area (Å²) in [6, 6.07) is -2.08. The Morgan fingerprint density at radius 3 is 2.15 bits per heavy atom. The van der Waals surface area contributed by atoms with Gasteiger partial charge in [0.2, 0.25) is 5.91 Å². The molecule has 0 saturated carbocycles. The molecule has 0 aliphatic carbocycles. The quantitative estimate of drug-likeness (QED) is 0.316. The van der Waals surface area contributed by atoms with Gasteiger partial charge in [-0.25, -0.2) is 0 Å². The monoisotopic (exact) mass is 466 g/mol. The minimum absolute atomic E-state index is 0.0716. The van der Waals surface area contributed by atoms with Gasteiger partial charge in [0.1, 0.15) is 29.0 Å². The first-order valence-corrected chi connectivity index (χ1v) is 11.4. The Morgan fingerprint density at radius 2 is 1.70 bits per heavy atom. The number of likely N-dealkylation sites (tertiary alicyclic amines) is 1. The number of hydrogen-bond acceptors (Lipinski definition) is 7. The zero-order valence-corrected chi connectivity index (χ0v) is 21.7. The molecule has 1 heterocycles. The van der Waals surface area contributed by atoms with Crippen LogP contribution in [0.15, 0.2) is 24.5 Å². The second-order valence-electron chi connectivity index (χ2n) is 10.5. The van der Waals surface area contributed by atoms with Gasteiger partial charge < -0.3 is 19.5 Å². The Bertz CT molecular complexity index is 747. The molecule has 1 rings (SSSR count). The molecule has 1 amide bonds. The Hall–Kier alpha value is -2.35. The summed E-state index contributed by atoms with van der Waals surface area (Å²) in [5, 5.41) is 2.79. The van der Waals surface area contributed by atoms with Crippen LogP contribution in [0.3, 0.4) is 0 Å². The van der Waals surface area contributed by atoms with Crippen LogP contribution in [0.25, 0.3) is 0 Å². The molecule has 0 aromatic heterocycles.